The minimum absolute atomic E-state index is 0.160. The van der Waals surface area contributed by atoms with Crippen LogP contribution >= 0.6 is 0 Å². The number of rotatable bonds is 5. The fourth-order valence-electron chi connectivity index (χ4n) is 2.94. The molecule has 2 heterocycles. The summed E-state index contributed by atoms with van der Waals surface area (Å²) in [5.74, 6) is 0.444. The molecule has 1 aromatic heterocycles. The third kappa shape index (κ3) is 4.03. The van der Waals surface area contributed by atoms with Crippen LogP contribution in [0.1, 0.15) is 12.8 Å². The number of methoxy groups -OCH3 is 1. The van der Waals surface area contributed by atoms with E-state index in [0.717, 1.165) is 0 Å². The fraction of sp³-hybridized carbons (Fsp3) is 0.333. The summed E-state index contributed by atoms with van der Waals surface area (Å²) in [4.78, 5) is 16.7. The molecule has 1 aliphatic rings. The zero-order valence-corrected chi connectivity index (χ0v) is 15.3. The van der Waals surface area contributed by atoms with Crippen molar-refractivity contribution in [3.05, 3.63) is 48.7 Å². The smallest absolute Gasteiger partial charge is 0.243 e. The van der Waals surface area contributed by atoms with E-state index in [4.69, 9.17) is 4.74 Å². The summed E-state index contributed by atoms with van der Waals surface area (Å²) < 4.78 is 32.1. The molecule has 1 saturated heterocycles. The summed E-state index contributed by atoms with van der Waals surface area (Å²) in [5, 5.41) is 2.75. The second-order valence-corrected chi connectivity index (χ2v) is 8.02. The molecule has 7 nitrogen and oxygen atoms in total. The number of nitrogens with one attached hydrogen (secondary N) is 1. The van der Waals surface area contributed by atoms with Crippen molar-refractivity contribution in [3.63, 3.8) is 0 Å². The van der Waals surface area contributed by atoms with Crippen LogP contribution in [0.25, 0.3) is 0 Å². The quantitative estimate of drug-likeness (QED) is 0.865. The molecule has 0 saturated carbocycles. The fourth-order valence-corrected chi connectivity index (χ4v) is 4.46. The number of carbonyl (C=O) groups is 1. The Labute approximate surface area is 153 Å². The average Bonchev–Trinajstić information content (AvgIpc) is 2.69. The number of anilines is 1. The van der Waals surface area contributed by atoms with E-state index in [1.807, 2.05) is 0 Å². The van der Waals surface area contributed by atoms with Gasteiger partial charge in [0.15, 0.2) is 0 Å². The minimum Gasteiger partial charge on any atom is -0.497 e. The number of amides is 1. The van der Waals surface area contributed by atoms with Crippen LogP contribution in [0.2, 0.25) is 0 Å². The number of aromatic nitrogens is 1. The molecule has 0 radical (unpaired) electrons. The molecule has 8 heteroatoms. The molecule has 1 aromatic carbocycles. The van der Waals surface area contributed by atoms with Gasteiger partial charge in [0.2, 0.25) is 15.9 Å². The number of piperidine rings is 1. The standard InChI is InChI=1S/C18H21N3O4S/c1-25-15-7-9-16(10-8-15)26(23,24)21-12-4-5-14(13-21)18(22)20-17-6-2-3-11-19-17/h2-3,6-11,14H,4-5,12-13H2,1H3,(H,19,20,22). The highest BCUT2D eigenvalue weighted by Gasteiger charge is 2.33. The van der Waals surface area contributed by atoms with Gasteiger partial charge < -0.3 is 10.1 Å². The Bertz CT molecular complexity index is 854. The largest absolute Gasteiger partial charge is 0.497 e. The molecule has 1 aliphatic heterocycles. The van der Waals surface area contributed by atoms with E-state index >= 15 is 0 Å². The van der Waals surface area contributed by atoms with Gasteiger partial charge in [-0.1, -0.05) is 6.07 Å². The zero-order valence-electron chi connectivity index (χ0n) is 14.5. The summed E-state index contributed by atoms with van der Waals surface area (Å²) in [7, 11) is -2.12. The van der Waals surface area contributed by atoms with Gasteiger partial charge in [0.1, 0.15) is 11.6 Å². The van der Waals surface area contributed by atoms with Crippen LogP contribution < -0.4 is 10.1 Å². The maximum Gasteiger partial charge on any atom is 0.243 e. The first-order valence-corrected chi connectivity index (χ1v) is 9.81. The van der Waals surface area contributed by atoms with Gasteiger partial charge in [0.05, 0.1) is 17.9 Å². The van der Waals surface area contributed by atoms with E-state index in [1.54, 1.807) is 36.5 Å². The highest BCUT2D eigenvalue weighted by atomic mass is 32.2. The molecule has 1 atom stereocenters. The lowest BCUT2D eigenvalue weighted by Gasteiger charge is -2.31. The first-order chi connectivity index (χ1) is 12.5. The molecule has 3 rings (SSSR count). The number of hydrogen-bond donors (Lipinski definition) is 1. The van der Waals surface area contributed by atoms with Crippen molar-refractivity contribution in [2.75, 3.05) is 25.5 Å². The van der Waals surface area contributed by atoms with Crippen molar-refractivity contribution in [2.45, 2.75) is 17.7 Å². The Hall–Kier alpha value is -2.45. The number of ether oxygens (including phenoxy) is 1. The summed E-state index contributed by atoms with van der Waals surface area (Å²) in [6, 6.07) is 11.5. The predicted octanol–water partition coefficient (Wildman–Crippen LogP) is 2.13. The average molecular weight is 375 g/mol. The van der Waals surface area contributed by atoms with Crippen LogP contribution in [-0.2, 0) is 14.8 Å². The third-order valence-electron chi connectivity index (χ3n) is 4.37. The van der Waals surface area contributed by atoms with Gasteiger partial charge in [-0.05, 0) is 49.2 Å². The van der Waals surface area contributed by atoms with Gasteiger partial charge in [0.25, 0.3) is 0 Å². The Kier molecular flexibility index (Phi) is 5.53. The number of benzene rings is 1. The molecule has 0 aliphatic carbocycles. The van der Waals surface area contributed by atoms with Crippen molar-refractivity contribution in [1.82, 2.24) is 9.29 Å². The number of pyridine rings is 1. The monoisotopic (exact) mass is 375 g/mol. The molecule has 138 valence electrons. The van der Waals surface area contributed by atoms with Gasteiger partial charge in [-0.15, -0.1) is 0 Å². The summed E-state index contributed by atoms with van der Waals surface area (Å²) in [5.41, 5.74) is 0. The van der Waals surface area contributed by atoms with Crippen molar-refractivity contribution in [2.24, 2.45) is 5.92 Å². The van der Waals surface area contributed by atoms with E-state index in [9.17, 15) is 13.2 Å². The van der Waals surface area contributed by atoms with Gasteiger partial charge >= 0.3 is 0 Å². The topological polar surface area (TPSA) is 88.6 Å². The normalized spacial score (nSPS) is 18.3. The number of sulfonamides is 1. The van der Waals surface area contributed by atoms with Crippen LogP contribution in [0.5, 0.6) is 5.75 Å². The van der Waals surface area contributed by atoms with Crippen molar-refractivity contribution < 1.29 is 17.9 Å². The first-order valence-electron chi connectivity index (χ1n) is 8.37. The van der Waals surface area contributed by atoms with E-state index in [-0.39, 0.29) is 17.3 Å². The van der Waals surface area contributed by atoms with Gasteiger partial charge in [0, 0.05) is 19.3 Å². The number of carbonyl (C=O) groups excluding carboxylic acids is 1. The summed E-state index contributed by atoms with van der Waals surface area (Å²) in [6.45, 7) is 0.564. The lowest BCUT2D eigenvalue weighted by Crippen LogP contribution is -2.43. The number of nitrogens with zero attached hydrogens (tertiary/aromatic N) is 2. The summed E-state index contributed by atoms with van der Waals surface area (Å²) in [6.07, 6.45) is 2.87. The highest BCUT2D eigenvalue weighted by molar-refractivity contribution is 7.89. The van der Waals surface area contributed by atoms with E-state index < -0.39 is 15.9 Å². The molecule has 1 fully saturated rings. The lowest BCUT2D eigenvalue weighted by molar-refractivity contribution is -0.120. The molecular formula is C18H21N3O4S. The van der Waals surface area contributed by atoms with Crippen LogP contribution in [-0.4, -0.2) is 43.8 Å². The third-order valence-corrected chi connectivity index (χ3v) is 6.25. The molecule has 26 heavy (non-hydrogen) atoms. The predicted molar refractivity (Wildman–Crippen MR) is 97.3 cm³/mol. The van der Waals surface area contributed by atoms with E-state index in [2.05, 4.69) is 10.3 Å². The van der Waals surface area contributed by atoms with Gasteiger partial charge in [-0.2, -0.15) is 4.31 Å². The number of hydrogen-bond acceptors (Lipinski definition) is 5. The Morgan fingerprint density at radius 2 is 2.00 bits per heavy atom. The summed E-state index contributed by atoms with van der Waals surface area (Å²) >= 11 is 0. The Morgan fingerprint density at radius 1 is 1.23 bits per heavy atom. The van der Waals surface area contributed by atoms with Crippen LogP contribution in [0.15, 0.2) is 53.6 Å². The minimum atomic E-state index is -3.64. The van der Waals surface area contributed by atoms with Gasteiger partial charge in [-0.3, -0.25) is 4.79 Å². The van der Waals surface area contributed by atoms with Crippen molar-refractivity contribution >= 4 is 21.7 Å². The van der Waals surface area contributed by atoms with Crippen molar-refractivity contribution in [1.29, 1.82) is 0 Å². The highest BCUT2D eigenvalue weighted by Crippen LogP contribution is 2.25. The Morgan fingerprint density at radius 3 is 2.65 bits per heavy atom. The second kappa shape index (κ2) is 7.84. The molecule has 1 N–H and O–H groups in total. The van der Waals surface area contributed by atoms with Crippen LogP contribution in [0.4, 0.5) is 5.82 Å². The molecule has 1 unspecified atom stereocenters. The van der Waals surface area contributed by atoms with E-state index in [1.165, 1.54) is 23.5 Å². The molecule has 0 spiro atoms. The molecule has 0 bridgehead atoms. The maximum atomic E-state index is 12.9. The molecule has 1 amide bonds. The SMILES string of the molecule is COc1ccc(S(=O)(=O)N2CCCC(C(=O)Nc3ccccn3)C2)cc1. The van der Waals surface area contributed by atoms with Crippen molar-refractivity contribution in [3.8, 4) is 5.75 Å². The van der Waals surface area contributed by atoms with E-state index in [0.29, 0.717) is 31.0 Å². The lowest BCUT2D eigenvalue weighted by atomic mass is 9.99. The second-order valence-electron chi connectivity index (χ2n) is 6.08. The molecular weight excluding hydrogens is 354 g/mol. The van der Waals surface area contributed by atoms with Gasteiger partial charge in [-0.25, -0.2) is 13.4 Å². The van der Waals surface area contributed by atoms with Crippen LogP contribution in [0, 0.1) is 5.92 Å². The Balaban J connectivity index is 1.71. The molecule has 2 aromatic rings. The first kappa shape index (κ1) is 18.3. The van der Waals surface area contributed by atoms with Crippen LogP contribution in [0.3, 0.4) is 0 Å². The zero-order chi connectivity index (χ0) is 18.6. The maximum absolute atomic E-state index is 12.9.